The van der Waals surface area contributed by atoms with Gasteiger partial charge in [0, 0.05) is 13.1 Å². The van der Waals surface area contributed by atoms with E-state index in [9.17, 15) is 4.79 Å². The highest BCUT2D eigenvalue weighted by molar-refractivity contribution is 5.68. The molecule has 19 heavy (non-hydrogen) atoms. The fourth-order valence-corrected chi connectivity index (χ4v) is 2.55. The molecule has 2 rings (SSSR count). The predicted octanol–water partition coefficient (Wildman–Crippen LogP) is 2.63. The van der Waals surface area contributed by atoms with E-state index in [0.29, 0.717) is 11.8 Å². The van der Waals surface area contributed by atoms with Crippen LogP contribution in [0.15, 0.2) is 0 Å². The third kappa shape index (κ3) is 5.39. The van der Waals surface area contributed by atoms with Gasteiger partial charge in [0.1, 0.15) is 5.60 Å². The second kappa shape index (κ2) is 6.12. The van der Waals surface area contributed by atoms with Crippen LogP contribution in [0.2, 0.25) is 0 Å². The number of rotatable bonds is 4. The fourth-order valence-electron chi connectivity index (χ4n) is 2.55. The second-order valence-electron chi connectivity index (χ2n) is 7.04. The Hall–Kier alpha value is -0.770. The first kappa shape index (κ1) is 14.6. The average molecular weight is 268 g/mol. The third-order valence-corrected chi connectivity index (χ3v) is 3.70. The molecule has 4 heteroatoms. The summed E-state index contributed by atoms with van der Waals surface area (Å²) in [5.41, 5.74) is -0.399. The topological polar surface area (TPSA) is 41.6 Å². The van der Waals surface area contributed by atoms with Gasteiger partial charge in [-0.25, -0.2) is 4.79 Å². The van der Waals surface area contributed by atoms with Crippen LogP contribution in [0.1, 0.15) is 46.5 Å². The van der Waals surface area contributed by atoms with Crippen LogP contribution in [0.25, 0.3) is 0 Å². The van der Waals surface area contributed by atoms with Crippen molar-refractivity contribution in [2.45, 2.75) is 52.1 Å². The van der Waals surface area contributed by atoms with Crippen molar-refractivity contribution in [1.29, 1.82) is 0 Å². The molecule has 1 N–H and O–H groups in total. The van der Waals surface area contributed by atoms with E-state index >= 15 is 0 Å². The molecule has 2 fully saturated rings. The number of hydrogen-bond acceptors (Lipinski definition) is 3. The largest absolute Gasteiger partial charge is 0.444 e. The lowest BCUT2D eigenvalue weighted by Gasteiger charge is -2.32. The van der Waals surface area contributed by atoms with Crippen LogP contribution in [-0.4, -0.2) is 42.8 Å². The molecule has 1 amide bonds. The molecule has 4 nitrogen and oxygen atoms in total. The molecule has 1 saturated carbocycles. The molecule has 1 atom stereocenters. The third-order valence-electron chi connectivity index (χ3n) is 3.70. The number of nitrogens with one attached hydrogen (secondary N) is 1. The number of ether oxygens (including phenoxy) is 1. The minimum absolute atomic E-state index is 0.134. The molecular weight excluding hydrogens is 240 g/mol. The van der Waals surface area contributed by atoms with E-state index in [2.05, 4.69) is 5.32 Å². The van der Waals surface area contributed by atoms with Crippen molar-refractivity contribution in [3.8, 4) is 0 Å². The average Bonchev–Trinajstić information content (AvgIpc) is 3.11. The highest BCUT2D eigenvalue weighted by Crippen LogP contribution is 2.30. The van der Waals surface area contributed by atoms with Crippen LogP contribution < -0.4 is 5.32 Å². The molecule has 0 radical (unpaired) electrons. The maximum Gasteiger partial charge on any atom is 0.410 e. The summed E-state index contributed by atoms with van der Waals surface area (Å²) in [5, 5.41) is 3.42. The van der Waals surface area contributed by atoms with Gasteiger partial charge in [-0.05, 0) is 71.4 Å². The van der Waals surface area contributed by atoms with E-state index in [1.165, 1.54) is 25.7 Å². The maximum absolute atomic E-state index is 12.3. The Balaban J connectivity index is 1.88. The molecule has 1 aliphatic carbocycles. The van der Waals surface area contributed by atoms with Gasteiger partial charge in [-0.15, -0.1) is 0 Å². The Morgan fingerprint density at radius 3 is 2.42 bits per heavy atom. The number of hydrogen-bond donors (Lipinski definition) is 1. The van der Waals surface area contributed by atoms with Gasteiger partial charge in [0.15, 0.2) is 0 Å². The van der Waals surface area contributed by atoms with Crippen molar-refractivity contribution in [3.05, 3.63) is 0 Å². The standard InChI is InChI=1S/C15H28N2O2/c1-15(2,3)19-14(18)17(10-12-6-7-12)11-13-5-4-8-16-9-13/h12-13,16H,4-11H2,1-3H3. The molecule has 1 heterocycles. The predicted molar refractivity (Wildman–Crippen MR) is 76.1 cm³/mol. The Morgan fingerprint density at radius 1 is 1.21 bits per heavy atom. The van der Waals surface area contributed by atoms with Gasteiger partial charge < -0.3 is 15.0 Å². The Kier molecular flexibility index (Phi) is 4.71. The van der Waals surface area contributed by atoms with E-state index in [1.54, 1.807) is 0 Å². The van der Waals surface area contributed by atoms with Crippen LogP contribution in [0.5, 0.6) is 0 Å². The van der Waals surface area contributed by atoms with Gasteiger partial charge >= 0.3 is 6.09 Å². The van der Waals surface area contributed by atoms with Crippen molar-refractivity contribution >= 4 is 6.09 Å². The summed E-state index contributed by atoms with van der Waals surface area (Å²) in [4.78, 5) is 14.2. The number of carbonyl (C=O) groups is 1. The number of piperidine rings is 1. The summed E-state index contributed by atoms with van der Waals surface area (Å²) in [7, 11) is 0. The zero-order valence-corrected chi connectivity index (χ0v) is 12.6. The van der Waals surface area contributed by atoms with Crippen LogP contribution in [0, 0.1) is 11.8 Å². The highest BCUT2D eigenvalue weighted by atomic mass is 16.6. The van der Waals surface area contributed by atoms with Crippen LogP contribution in [0.3, 0.4) is 0 Å². The van der Waals surface area contributed by atoms with Gasteiger partial charge in [0.2, 0.25) is 0 Å². The van der Waals surface area contributed by atoms with Gasteiger partial charge in [-0.1, -0.05) is 0 Å². The SMILES string of the molecule is CC(C)(C)OC(=O)N(CC1CC1)CC1CCCNC1. The van der Waals surface area contributed by atoms with E-state index in [-0.39, 0.29) is 6.09 Å². The van der Waals surface area contributed by atoms with Crippen molar-refractivity contribution in [3.63, 3.8) is 0 Å². The van der Waals surface area contributed by atoms with E-state index in [0.717, 1.165) is 26.2 Å². The molecular formula is C15H28N2O2. The van der Waals surface area contributed by atoms with Crippen LogP contribution >= 0.6 is 0 Å². The first-order valence-corrected chi connectivity index (χ1v) is 7.63. The molecule has 0 aromatic carbocycles. The van der Waals surface area contributed by atoms with Gasteiger partial charge in [-0.3, -0.25) is 0 Å². The monoisotopic (exact) mass is 268 g/mol. The highest BCUT2D eigenvalue weighted by Gasteiger charge is 2.31. The number of carbonyl (C=O) groups excluding carboxylic acids is 1. The Labute approximate surface area is 116 Å². The first-order valence-electron chi connectivity index (χ1n) is 7.63. The first-order chi connectivity index (χ1) is 8.94. The minimum atomic E-state index is -0.399. The molecule has 1 unspecified atom stereocenters. The fraction of sp³-hybridized carbons (Fsp3) is 0.933. The molecule has 1 saturated heterocycles. The van der Waals surface area contributed by atoms with Crippen LogP contribution in [0.4, 0.5) is 4.79 Å². The summed E-state index contributed by atoms with van der Waals surface area (Å²) in [6.45, 7) is 9.67. The van der Waals surface area contributed by atoms with Gasteiger partial charge in [0.25, 0.3) is 0 Å². The second-order valence-corrected chi connectivity index (χ2v) is 7.04. The summed E-state index contributed by atoms with van der Waals surface area (Å²) < 4.78 is 5.54. The summed E-state index contributed by atoms with van der Waals surface area (Å²) >= 11 is 0. The molecule has 0 spiro atoms. The summed E-state index contributed by atoms with van der Waals surface area (Å²) in [6, 6.07) is 0. The van der Waals surface area contributed by atoms with E-state index in [1.807, 2.05) is 25.7 Å². The van der Waals surface area contributed by atoms with Crippen molar-refractivity contribution in [2.24, 2.45) is 11.8 Å². The quantitative estimate of drug-likeness (QED) is 0.852. The van der Waals surface area contributed by atoms with Crippen molar-refractivity contribution in [1.82, 2.24) is 10.2 Å². The van der Waals surface area contributed by atoms with Gasteiger partial charge in [-0.2, -0.15) is 0 Å². The molecule has 2 aliphatic rings. The molecule has 1 aliphatic heterocycles. The van der Waals surface area contributed by atoms with Crippen molar-refractivity contribution in [2.75, 3.05) is 26.2 Å². The zero-order chi connectivity index (χ0) is 13.9. The maximum atomic E-state index is 12.3. The minimum Gasteiger partial charge on any atom is -0.444 e. The van der Waals surface area contributed by atoms with E-state index in [4.69, 9.17) is 4.74 Å². The molecule has 0 bridgehead atoms. The van der Waals surface area contributed by atoms with Crippen LogP contribution in [-0.2, 0) is 4.74 Å². The summed E-state index contributed by atoms with van der Waals surface area (Å²) in [6.07, 6.45) is 4.84. The lowest BCUT2D eigenvalue weighted by molar-refractivity contribution is 0.0203. The smallest absolute Gasteiger partial charge is 0.410 e. The Morgan fingerprint density at radius 2 is 1.89 bits per heavy atom. The molecule has 110 valence electrons. The Bertz CT molecular complexity index is 302. The number of amides is 1. The normalized spacial score (nSPS) is 24.1. The lowest BCUT2D eigenvalue weighted by Crippen LogP contribution is -2.44. The molecule has 0 aromatic heterocycles. The van der Waals surface area contributed by atoms with Crippen molar-refractivity contribution < 1.29 is 9.53 Å². The summed E-state index contributed by atoms with van der Waals surface area (Å²) in [5.74, 6) is 1.30. The van der Waals surface area contributed by atoms with Gasteiger partial charge in [0.05, 0.1) is 0 Å². The molecule has 0 aromatic rings. The number of nitrogens with zero attached hydrogens (tertiary/aromatic N) is 1. The lowest BCUT2D eigenvalue weighted by atomic mass is 9.99. The van der Waals surface area contributed by atoms with E-state index < -0.39 is 5.60 Å². The zero-order valence-electron chi connectivity index (χ0n) is 12.6.